The van der Waals surface area contributed by atoms with Crippen molar-refractivity contribution in [2.75, 3.05) is 18.0 Å². The topological polar surface area (TPSA) is 86.5 Å². The Labute approximate surface area is 145 Å². The fourth-order valence-corrected chi connectivity index (χ4v) is 3.37. The van der Waals surface area contributed by atoms with Crippen molar-refractivity contribution in [2.24, 2.45) is 5.41 Å². The first kappa shape index (κ1) is 17.3. The fourth-order valence-electron chi connectivity index (χ4n) is 3.37. The third-order valence-electron chi connectivity index (χ3n) is 4.70. The van der Waals surface area contributed by atoms with Gasteiger partial charge in [0.1, 0.15) is 22.9 Å². The molecule has 0 unspecified atom stereocenters. The largest absolute Gasteiger partial charge is 0.481 e. The molecule has 25 heavy (non-hydrogen) atoms. The summed E-state index contributed by atoms with van der Waals surface area (Å²) in [5, 5.41) is 20.4. The molecule has 1 aromatic carbocycles. The number of benzene rings is 1. The minimum absolute atomic E-state index is 0.0435. The first-order valence-electron chi connectivity index (χ1n) is 8.11. The summed E-state index contributed by atoms with van der Waals surface area (Å²) in [6, 6.07) is 7.56. The highest BCUT2D eigenvalue weighted by Gasteiger charge is 2.49. The second-order valence-electron chi connectivity index (χ2n) is 6.46. The number of aromatic nitrogens is 2. The summed E-state index contributed by atoms with van der Waals surface area (Å²) in [5.41, 5.74) is -0.882. The first-order valence-corrected chi connectivity index (χ1v) is 8.11. The average Bonchev–Trinajstić information content (AvgIpc) is 2.57. The summed E-state index contributed by atoms with van der Waals surface area (Å²) in [5.74, 6) is -0.301. The van der Waals surface area contributed by atoms with Crippen LogP contribution >= 0.6 is 0 Å². The highest BCUT2D eigenvalue weighted by Crippen LogP contribution is 2.36. The van der Waals surface area contributed by atoms with E-state index in [9.17, 15) is 19.4 Å². The molecule has 2 heterocycles. The quantitative estimate of drug-likeness (QED) is 0.879. The molecule has 0 radical (unpaired) electrons. The molecular formula is C18H20FN3O3. The number of aliphatic hydroxyl groups excluding tert-OH is 1. The zero-order valence-corrected chi connectivity index (χ0v) is 13.9. The number of piperidine rings is 1. The lowest BCUT2D eigenvalue weighted by atomic mass is 9.73. The van der Waals surface area contributed by atoms with Crippen LogP contribution in [0.3, 0.4) is 0 Å². The molecule has 0 spiro atoms. The summed E-state index contributed by atoms with van der Waals surface area (Å²) in [4.78, 5) is 22.4. The van der Waals surface area contributed by atoms with Crippen LogP contribution in [0.25, 0.3) is 0 Å². The number of aliphatic hydroxyl groups is 1. The second kappa shape index (κ2) is 6.76. The van der Waals surface area contributed by atoms with Gasteiger partial charge in [0, 0.05) is 19.3 Å². The highest BCUT2D eigenvalue weighted by atomic mass is 19.1. The summed E-state index contributed by atoms with van der Waals surface area (Å²) in [6.45, 7) is 2.35. The van der Waals surface area contributed by atoms with Crippen LogP contribution in [0.4, 0.5) is 10.2 Å². The van der Waals surface area contributed by atoms with Crippen LogP contribution in [0.1, 0.15) is 17.8 Å². The molecule has 0 aliphatic carbocycles. The van der Waals surface area contributed by atoms with Crippen LogP contribution < -0.4 is 4.90 Å². The van der Waals surface area contributed by atoms with Gasteiger partial charge in [-0.1, -0.05) is 12.1 Å². The van der Waals surface area contributed by atoms with Gasteiger partial charge >= 0.3 is 5.97 Å². The predicted octanol–water partition coefficient (Wildman–Crippen LogP) is 1.81. The van der Waals surface area contributed by atoms with Gasteiger partial charge in [0.25, 0.3) is 0 Å². The maximum atomic E-state index is 13.5. The standard InChI is InChI=1S/C18H20FN3O3/c1-12-20-7-5-16(21-12)22-8-6-15(23)18(11-22,17(24)25)10-13-3-2-4-14(19)9-13/h2-5,7,9,15,23H,6,8,10-11H2,1H3,(H,24,25)/t15-,18-/m1/s1. The smallest absolute Gasteiger partial charge is 0.314 e. The van der Waals surface area contributed by atoms with Crippen molar-refractivity contribution in [3.05, 3.63) is 53.7 Å². The van der Waals surface area contributed by atoms with Crippen molar-refractivity contribution < 1.29 is 19.4 Å². The predicted molar refractivity (Wildman–Crippen MR) is 89.8 cm³/mol. The summed E-state index contributed by atoms with van der Waals surface area (Å²) in [7, 11) is 0. The monoisotopic (exact) mass is 345 g/mol. The average molecular weight is 345 g/mol. The zero-order chi connectivity index (χ0) is 18.0. The zero-order valence-electron chi connectivity index (χ0n) is 13.9. The van der Waals surface area contributed by atoms with E-state index in [4.69, 9.17) is 0 Å². The van der Waals surface area contributed by atoms with Crippen LogP contribution in [0, 0.1) is 18.2 Å². The van der Waals surface area contributed by atoms with Crippen molar-refractivity contribution in [3.63, 3.8) is 0 Å². The Morgan fingerprint density at radius 3 is 2.92 bits per heavy atom. The molecule has 3 rings (SSSR count). The molecular weight excluding hydrogens is 325 g/mol. The van der Waals surface area contributed by atoms with Crippen LogP contribution in [0.2, 0.25) is 0 Å². The molecule has 1 aromatic heterocycles. The van der Waals surface area contributed by atoms with E-state index in [1.54, 1.807) is 31.3 Å². The minimum Gasteiger partial charge on any atom is -0.481 e. The normalized spacial score (nSPS) is 23.5. The Hall–Kier alpha value is -2.54. The summed E-state index contributed by atoms with van der Waals surface area (Å²) in [6.07, 6.45) is 0.942. The molecule has 132 valence electrons. The third-order valence-corrected chi connectivity index (χ3v) is 4.70. The van der Waals surface area contributed by atoms with Gasteiger partial charge in [0.05, 0.1) is 6.10 Å². The number of rotatable bonds is 4. The van der Waals surface area contributed by atoms with E-state index >= 15 is 0 Å². The van der Waals surface area contributed by atoms with Gasteiger partial charge in [-0.25, -0.2) is 14.4 Å². The lowest BCUT2D eigenvalue weighted by Gasteiger charge is -2.44. The molecule has 2 atom stereocenters. The number of hydrogen-bond donors (Lipinski definition) is 2. The molecule has 0 saturated carbocycles. The minimum atomic E-state index is -1.43. The van der Waals surface area contributed by atoms with Crippen LogP contribution in [0.15, 0.2) is 36.5 Å². The van der Waals surface area contributed by atoms with E-state index in [0.717, 1.165) is 0 Å². The van der Waals surface area contributed by atoms with Crippen molar-refractivity contribution in [2.45, 2.75) is 25.9 Å². The van der Waals surface area contributed by atoms with Crippen LogP contribution in [0.5, 0.6) is 0 Å². The molecule has 6 nitrogen and oxygen atoms in total. The molecule has 0 bridgehead atoms. The van der Waals surface area contributed by atoms with Gasteiger partial charge in [0.15, 0.2) is 0 Å². The van der Waals surface area contributed by atoms with Gasteiger partial charge < -0.3 is 15.1 Å². The van der Waals surface area contributed by atoms with E-state index in [1.165, 1.54) is 12.1 Å². The Kier molecular flexibility index (Phi) is 4.67. The number of hydrogen-bond acceptors (Lipinski definition) is 5. The Morgan fingerprint density at radius 1 is 1.44 bits per heavy atom. The lowest BCUT2D eigenvalue weighted by Crippen LogP contribution is -2.57. The van der Waals surface area contributed by atoms with E-state index in [-0.39, 0.29) is 13.0 Å². The van der Waals surface area contributed by atoms with Gasteiger partial charge in [-0.15, -0.1) is 0 Å². The van der Waals surface area contributed by atoms with Crippen LogP contribution in [-0.4, -0.2) is 45.3 Å². The Bertz CT molecular complexity index is 786. The number of aryl methyl sites for hydroxylation is 1. The lowest BCUT2D eigenvalue weighted by molar-refractivity contribution is -0.157. The number of carboxylic acid groups (broad SMARTS) is 1. The fraction of sp³-hybridized carbons (Fsp3) is 0.389. The van der Waals surface area contributed by atoms with Crippen molar-refractivity contribution in [3.8, 4) is 0 Å². The molecule has 7 heteroatoms. The molecule has 1 saturated heterocycles. The molecule has 2 aromatic rings. The Balaban J connectivity index is 1.94. The maximum absolute atomic E-state index is 13.5. The highest BCUT2D eigenvalue weighted by molar-refractivity contribution is 5.77. The number of carbonyl (C=O) groups is 1. The van der Waals surface area contributed by atoms with Gasteiger partial charge in [-0.3, -0.25) is 4.79 Å². The third kappa shape index (κ3) is 3.46. The van der Waals surface area contributed by atoms with Gasteiger partial charge in [-0.05, 0) is 43.5 Å². The van der Waals surface area contributed by atoms with E-state index < -0.39 is 23.3 Å². The molecule has 0 amide bonds. The molecule has 2 N–H and O–H groups in total. The molecule has 1 aliphatic heterocycles. The van der Waals surface area contributed by atoms with E-state index in [1.807, 2.05) is 4.90 Å². The second-order valence-corrected chi connectivity index (χ2v) is 6.46. The molecule has 1 aliphatic rings. The number of carboxylic acids is 1. The maximum Gasteiger partial charge on any atom is 0.314 e. The summed E-state index contributed by atoms with van der Waals surface area (Å²) >= 11 is 0. The van der Waals surface area contributed by atoms with E-state index in [2.05, 4.69) is 9.97 Å². The first-order chi connectivity index (χ1) is 11.9. The van der Waals surface area contributed by atoms with Crippen molar-refractivity contribution in [1.82, 2.24) is 9.97 Å². The number of nitrogens with zero attached hydrogens (tertiary/aromatic N) is 3. The molecule has 1 fully saturated rings. The summed E-state index contributed by atoms with van der Waals surface area (Å²) < 4.78 is 13.5. The number of halogens is 1. The van der Waals surface area contributed by atoms with Crippen molar-refractivity contribution >= 4 is 11.8 Å². The van der Waals surface area contributed by atoms with E-state index in [0.29, 0.717) is 30.2 Å². The van der Waals surface area contributed by atoms with Gasteiger partial charge in [-0.2, -0.15) is 0 Å². The number of anilines is 1. The van der Waals surface area contributed by atoms with Crippen LogP contribution in [-0.2, 0) is 11.2 Å². The van der Waals surface area contributed by atoms with Crippen molar-refractivity contribution in [1.29, 1.82) is 0 Å². The van der Waals surface area contributed by atoms with Gasteiger partial charge in [0.2, 0.25) is 0 Å². The SMILES string of the molecule is Cc1nccc(N2CC[C@@H](O)[C@](Cc3cccc(F)c3)(C(=O)O)C2)n1. The number of aliphatic carboxylic acids is 1. The Morgan fingerprint density at radius 2 is 2.24 bits per heavy atom.